The smallest absolute Gasteiger partial charge is 0.252 e. The second kappa shape index (κ2) is 9.32. The number of hydrogen-bond donors (Lipinski definition) is 3. The molecule has 3 amide bonds. The Morgan fingerprint density at radius 2 is 1.75 bits per heavy atom. The van der Waals surface area contributed by atoms with E-state index in [1.807, 2.05) is 30.3 Å². The molecular weight excluding hydrogens is 358 g/mol. The number of rotatable bonds is 6. The summed E-state index contributed by atoms with van der Waals surface area (Å²) >= 11 is 0. The van der Waals surface area contributed by atoms with Crippen LogP contribution in [0.5, 0.6) is 0 Å². The highest BCUT2D eigenvalue weighted by Crippen LogP contribution is 2.19. The van der Waals surface area contributed by atoms with Crippen LogP contribution in [0, 0.1) is 5.92 Å². The quantitative estimate of drug-likeness (QED) is 0.682. The van der Waals surface area contributed by atoms with Gasteiger partial charge < -0.3 is 20.6 Å². The van der Waals surface area contributed by atoms with E-state index in [4.69, 9.17) is 0 Å². The molecule has 1 aliphatic heterocycles. The van der Waals surface area contributed by atoms with E-state index in [1.54, 1.807) is 39.2 Å². The van der Waals surface area contributed by atoms with Gasteiger partial charge in [0, 0.05) is 13.2 Å². The first kappa shape index (κ1) is 21.4. The summed E-state index contributed by atoms with van der Waals surface area (Å²) in [6, 6.07) is 7.85. The number of aliphatic hydroxyl groups is 1. The first-order chi connectivity index (χ1) is 13.2. The monoisotopic (exact) mass is 385 g/mol. The molecule has 1 aromatic carbocycles. The Bertz CT molecular complexity index is 786. The Morgan fingerprint density at radius 1 is 1.11 bits per heavy atom. The zero-order valence-electron chi connectivity index (χ0n) is 16.5. The molecular formula is C21H27N3O4. The van der Waals surface area contributed by atoms with Gasteiger partial charge >= 0.3 is 0 Å². The molecule has 0 aliphatic carbocycles. The summed E-state index contributed by atoms with van der Waals surface area (Å²) in [5.74, 6) is -1.69. The number of allylic oxidation sites excluding steroid dienone is 2. The van der Waals surface area contributed by atoms with Crippen LogP contribution in [0.25, 0.3) is 5.57 Å². The maximum atomic E-state index is 12.6. The van der Waals surface area contributed by atoms with E-state index in [0.717, 1.165) is 11.1 Å². The van der Waals surface area contributed by atoms with Crippen molar-refractivity contribution in [2.45, 2.75) is 39.0 Å². The van der Waals surface area contributed by atoms with Crippen LogP contribution in [0.3, 0.4) is 0 Å². The molecule has 150 valence electrons. The van der Waals surface area contributed by atoms with Crippen LogP contribution in [0.15, 0.2) is 48.7 Å². The fourth-order valence-corrected chi connectivity index (χ4v) is 2.67. The van der Waals surface area contributed by atoms with Crippen molar-refractivity contribution in [2.75, 3.05) is 7.05 Å². The maximum absolute atomic E-state index is 12.6. The highest BCUT2D eigenvalue weighted by Gasteiger charge is 2.27. The van der Waals surface area contributed by atoms with Gasteiger partial charge in [-0.05, 0) is 24.0 Å². The summed E-state index contributed by atoms with van der Waals surface area (Å²) in [6.45, 7) is 4.91. The van der Waals surface area contributed by atoms with Crippen LogP contribution in [-0.4, -0.2) is 53.0 Å². The predicted molar refractivity (Wildman–Crippen MR) is 107 cm³/mol. The summed E-state index contributed by atoms with van der Waals surface area (Å²) in [5, 5.41) is 14.9. The first-order valence-corrected chi connectivity index (χ1v) is 9.21. The summed E-state index contributed by atoms with van der Waals surface area (Å²) < 4.78 is 0. The van der Waals surface area contributed by atoms with Gasteiger partial charge in [0.05, 0.1) is 0 Å². The van der Waals surface area contributed by atoms with E-state index >= 15 is 0 Å². The third-order valence-electron chi connectivity index (χ3n) is 4.47. The minimum Gasteiger partial charge on any atom is -0.383 e. The second-order valence-electron chi connectivity index (χ2n) is 7.16. The lowest BCUT2D eigenvalue weighted by atomic mass is 10.1. The molecule has 3 atom stereocenters. The van der Waals surface area contributed by atoms with Crippen molar-refractivity contribution in [3.05, 3.63) is 54.2 Å². The standard InChI is InChI=1S/C21H27N3O4/c1-13(2)18(25)20(27)22-14(3)19(26)23-17-11-10-16(12-24(4)21(17)28)15-8-6-5-7-9-15/h5-14,17-18,25H,1-4H3,(H,22,27)(H,23,26)/t14?,17-,18-/m0/s1. The molecule has 2 rings (SSSR count). The van der Waals surface area contributed by atoms with Crippen LogP contribution < -0.4 is 10.6 Å². The molecule has 0 aromatic heterocycles. The number of aliphatic hydroxyl groups excluding tert-OH is 1. The highest BCUT2D eigenvalue weighted by atomic mass is 16.3. The SMILES string of the molecule is CC(NC(=O)[C@@H](O)C(C)C)C(=O)N[C@H]1C=CC(c2ccccc2)=CN(C)C1=O. The van der Waals surface area contributed by atoms with Crippen LogP contribution in [0.1, 0.15) is 26.3 Å². The van der Waals surface area contributed by atoms with E-state index in [0.29, 0.717) is 0 Å². The number of carbonyl (C=O) groups excluding carboxylic acids is 3. The minimum atomic E-state index is -1.20. The van der Waals surface area contributed by atoms with Gasteiger partial charge in [-0.1, -0.05) is 56.3 Å². The second-order valence-corrected chi connectivity index (χ2v) is 7.16. The van der Waals surface area contributed by atoms with Gasteiger partial charge in [-0.2, -0.15) is 0 Å². The third kappa shape index (κ3) is 5.29. The molecule has 3 N–H and O–H groups in total. The van der Waals surface area contributed by atoms with Gasteiger partial charge in [0.15, 0.2) is 0 Å². The number of nitrogens with one attached hydrogen (secondary N) is 2. The third-order valence-corrected chi connectivity index (χ3v) is 4.47. The van der Waals surface area contributed by atoms with Gasteiger partial charge in [-0.15, -0.1) is 0 Å². The molecule has 0 saturated carbocycles. The van der Waals surface area contributed by atoms with E-state index < -0.39 is 30.0 Å². The average molecular weight is 385 g/mol. The molecule has 0 fully saturated rings. The van der Waals surface area contributed by atoms with E-state index in [-0.39, 0.29) is 11.8 Å². The Hall–Kier alpha value is -2.93. The summed E-state index contributed by atoms with van der Waals surface area (Å²) in [4.78, 5) is 38.4. The maximum Gasteiger partial charge on any atom is 0.252 e. The van der Waals surface area contributed by atoms with Crippen LogP contribution in [-0.2, 0) is 14.4 Å². The number of hydrogen-bond acceptors (Lipinski definition) is 4. The van der Waals surface area contributed by atoms with Gasteiger partial charge in [0.25, 0.3) is 5.91 Å². The molecule has 1 unspecified atom stereocenters. The molecule has 28 heavy (non-hydrogen) atoms. The molecule has 7 nitrogen and oxygen atoms in total. The summed E-state index contributed by atoms with van der Waals surface area (Å²) in [6.07, 6.45) is 3.93. The van der Waals surface area contributed by atoms with Crippen LogP contribution in [0.4, 0.5) is 0 Å². The minimum absolute atomic E-state index is 0.266. The average Bonchev–Trinajstić information content (AvgIpc) is 2.81. The lowest BCUT2D eigenvalue weighted by Crippen LogP contribution is -2.53. The lowest BCUT2D eigenvalue weighted by Gasteiger charge is -2.22. The molecule has 1 aliphatic rings. The van der Waals surface area contributed by atoms with E-state index in [9.17, 15) is 19.5 Å². The number of carbonyl (C=O) groups is 3. The van der Waals surface area contributed by atoms with Crippen molar-refractivity contribution in [1.82, 2.24) is 15.5 Å². The van der Waals surface area contributed by atoms with Gasteiger partial charge in [-0.25, -0.2) is 0 Å². The molecule has 0 bridgehead atoms. The zero-order valence-corrected chi connectivity index (χ0v) is 16.5. The van der Waals surface area contributed by atoms with E-state index in [2.05, 4.69) is 10.6 Å². The normalized spacial score (nSPS) is 18.9. The van der Waals surface area contributed by atoms with Crippen LogP contribution in [0.2, 0.25) is 0 Å². The van der Waals surface area contributed by atoms with Gasteiger partial charge in [-0.3, -0.25) is 14.4 Å². The van der Waals surface area contributed by atoms with Crippen molar-refractivity contribution >= 4 is 23.3 Å². The van der Waals surface area contributed by atoms with Crippen molar-refractivity contribution in [3.8, 4) is 0 Å². The fraction of sp³-hybridized carbons (Fsp3) is 0.381. The zero-order chi connectivity index (χ0) is 20.8. The van der Waals surface area contributed by atoms with Crippen molar-refractivity contribution in [3.63, 3.8) is 0 Å². The van der Waals surface area contributed by atoms with Crippen molar-refractivity contribution in [1.29, 1.82) is 0 Å². The first-order valence-electron chi connectivity index (χ1n) is 9.21. The summed E-state index contributed by atoms with van der Waals surface area (Å²) in [7, 11) is 1.63. The number of amides is 3. The Balaban J connectivity index is 2.06. The van der Waals surface area contributed by atoms with Crippen molar-refractivity contribution in [2.24, 2.45) is 5.92 Å². The fourth-order valence-electron chi connectivity index (χ4n) is 2.67. The Labute approximate surface area is 165 Å². The highest BCUT2D eigenvalue weighted by molar-refractivity contribution is 5.95. The molecule has 7 heteroatoms. The topological polar surface area (TPSA) is 98.7 Å². The molecule has 0 radical (unpaired) electrons. The van der Waals surface area contributed by atoms with Gasteiger partial charge in [0.2, 0.25) is 11.8 Å². The number of likely N-dealkylation sites (N-methyl/N-ethyl adjacent to an activating group) is 1. The largest absolute Gasteiger partial charge is 0.383 e. The van der Waals surface area contributed by atoms with Gasteiger partial charge in [0.1, 0.15) is 18.2 Å². The molecule has 0 spiro atoms. The van der Waals surface area contributed by atoms with E-state index in [1.165, 1.54) is 11.8 Å². The van der Waals surface area contributed by atoms with Crippen molar-refractivity contribution < 1.29 is 19.5 Å². The Morgan fingerprint density at radius 3 is 2.36 bits per heavy atom. The summed E-state index contributed by atoms with van der Waals surface area (Å²) in [5.41, 5.74) is 1.79. The Kier molecular flexibility index (Phi) is 7.12. The molecule has 0 saturated heterocycles. The number of nitrogens with zero attached hydrogens (tertiary/aromatic N) is 1. The predicted octanol–water partition coefficient (Wildman–Crippen LogP) is 1.06. The molecule has 1 heterocycles. The molecule has 1 aromatic rings. The lowest BCUT2D eigenvalue weighted by molar-refractivity contribution is -0.136. The number of benzene rings is 1. The van der Waals surface area contributed by atoms with Crippen LogP contribution >= 0.6 is 0 Å².